The number of rotatable bonds is 5. The second-order valence-electron chi connectivity index (χ2n) is 12.2. The topological polar surface area (TPSA) is 53.9 Å². The van der Waals surface area contributed by atoms with Gasteiger partial charge in [-0.05, 0) is 80.1 Å². The van der Waals surface area contributed by atoms with E-state index in [0.717, 1.165) is 42.5 Å². The molecule has 234 valence electrons. The fourth-order valence-corrected chi connectivity index (χ4v) is 7.34. The lowest BCUT2D eigenvalue weighted by atomic mass is 9.97. The van der Waals surface area contributed by atoms with E-state index in [1.54, 1.807) is 0 Å². The van der Waals surface area contributed by atoms with Crippen molar-refractivity contribution in [2.75, 3.05) is 10.2 Å². The first-order valence-corrected chi connectivity index (χ1v) is 17.3. The Balaban J connectivity index is 1.15. The van der Waals surface area contributed by atoms with Crippen molar-refractivity contribution >= 4 is 34.8 Å². The highest BCUT2D eigenvalue weighted by atomic mass is 32.2. The van der Waals surface area contributed by atoms with Gasteiger partial charge in [-0.1, -0.05) is 120 Å². The summed E-state index contributed by atoms with van der Waals surface area (Å²) >= 11 is 1.85. The molecule has 6 heteroatoms. The Hall–Kier alpha value is -5.46. The van der Waals surface area contributed by atoms with Gasteiger partial charge in [0.05, 0.1) is 11.4 Å². The van der Waals surface area contributed by atoms with E-state index in [1.165, 1.54) is 43.6 Å². The summed E-state index contributed by atoms with van der Waals surface area (Å²) in [5.41, 5.74) is 10.7. The van der Waals surface area contributed by atoms with Crippen LogP contribution in [0.1, 0.15) is 30.9 Å². The van der Waals surface area contributed by atoms with Gasteiger partial charge in [-0.25, -0.2) is 4.98 Å². The molecule has 2 bridgehead atoms. The van der Waals surface area contributed by atoms with Gasteiger partial charge in [-0.3, -0.25) is 0 Å². The van der Waals surface area contributed by atoms with Crippen LogP contribution in [0.5, 0.6) is 0 Å². The minimum atomic E-state index is 0.544. The van der Waals surface area contributed by atoms with Gasteiger partial charge in [0.2, 0.25) is 5.95 Å². The highest BCUT2D eigenvalue weighted by Crippen LogP contribution is 2.52. The lowest BCUT2D eigenvalue weighted by Gasteiger charge is -2.34. The van der Waals surface area contributed by atoms with Crippen LogP contribution in [0.4, 0.5) is 23.0 Å². The van der Waals surface area contributed by atoms with Crippen LogP contribution in [0.15, 0.2) is 161 Å². The number of nitrogens with one attached hydrogen (secondary N) is 1. The lowest BCUT2D eigenvalue weighted by molar-refractivity contribution is 0.906. The maximum Gasteiger partial charge on any atom is 0.231 e. The fraction of sp³-hybridized carbons (Fsp3) is 0.119. The van der Waals surface area contributed by atoms with Crippen molar-refractivity contribution in [2.24, 2.45) is 0 Å². The van der Waals surface area contributed by atoms with E-state index < -0.39 is 0 Å². The number of anilines is 4. The van der Waals surface area contributed by atoms with Crippen LogP contribution in [0.2, 0.25) is 0 Å². The van der Waals surface area contributed by atoms with Crippen LogP contribution in [0.3, 0.4) is 0 Å². The molecule has 1 N–H and O–H groups in total. The van der Waals surface area contributed by atoms with E-state index in [-0.39, 0.29) is 0 Å². The first-order chi connectivity index (χ1) is 23.7. The Morgan fingerprint density at radius 1 is 0.562 bits per heavy atom. The van der Waals surface area contributed by atoms with Gasteiger partial charge in [0.1, 0.15) is 0 Å². The zero-order valence-corrected chi connectivity index (χ0v) is 27.6. The Morgan fingerprint density at radius 2 is 1.17 bits per heavy atom. The van der Waals surface area contributed by atoms with Crippen molar-refractivity contribution in [2.45, 2.75) is 42.4 Å². The molecule has 48 heavy (non-hydrogen) atoms. The summed E-state index contributed by atoms with van der Waals surface area (Å²) < 4.78 is 0. The average molecular weight is 642 g/mol. The number of hydrogen-bond donors (Lipinski definition) is 1. The second-order valence-corrected chi connectivity index (χ2v) is 13.3. The molecule has 5 nitrogen and oxygen atoms in total. The van der Waals surface area contributed by atoms with Crippen molar-refractivity contribution in [1.82, 2.24) is 15.0 Å². The second kappa shape index (κ2) is 13.3. The number of hydrogen-bond acceptors (Lipinski definition) is 6. The van der Waals surface area contributed by atoms with Crippen LogP contribution < -0.4 is 10.2 Å². The largest absolute Gasteiger partial charge is 0.328 e. The van der Waals surface area contributed by atoms with Gasteiger partial charge in [0, 0.05) is 32.3 Å². The molecule has 0 saturated carbocycles. The van der Waals surface area contributed by atoms with Crippen molar-refractivity contribution in [1.29, 1.82) is 0 Å². The van der Waals surface area contributed by atoms with Crippen LogP contribution in [0, 0.1) is 0 Å². The predicted molar refractivity (Wildman–Crippen MR) is 198 cm³/mol. The molecule has 5 aromatic carbocycles. The summed E-state index contributed by atoms with van der Waals surface area (Å²) in [6, 6.07) is 44.8. The van der Waals surface area contributed by atoms with E-state index in [4.69, 9.17) is 15.0 Å². The first-order valence-electron chi connectivity index (χ1n) is 16.5. The number of nitrogens with zero attached hydrogens (tertiary/aromatic N) is 4. The monoisotopic (exact) mass is 641 g/mol. The van der Waals surface area contributed by atoms with E-state index in [9.17, 15) is 0 Å². The van der Waals surface area contributed by atoms with Crippen molar-refractivity contribution in [3.05, 3.63) is 162 Å². The Labute approximate surface area is 286 Å². The molecule has 6 aromatic rings. The molecule has 0 atom stereocenters. The third kappa shape index (κ3) is 6.27. The minimum Gasteiger partial charge on any atom is -0.328 e. The van der Waals surface area contributed by atoms with Crippen LogP contribution in [0.25, 0.3) is 22.8 Å². The maximum atomic E-state index is 4.90. The molecular weight excluding hydrogens is 607 g/mol. The quantitative estimate of drug-likeness (QED) is 0.202. The number of fused-ring (bicyclic) bond motifs is 9. The van der Waals surface area contributed by atoms with Crippen LogP contribution in [-0.4, -0.2) is 15.0 Å². The Bertz CT molecular complexity index is 2050. The van der Waals surface area contributed by atoms with E-state index in [1.807, 2.05) is 72.4 Å². The Morgan fingerprint density at radius 3 is 1.81 bits per heavy atom. The number of aromatic nitrogens is 3. The third-order valence-electron chi connectivity index (χ3n) is 8.84. The number of benzene rings is 5. The van der Waals surface area contributed by atoms with Gasteiger partial charge in [0.15, 0.2) is 11.6 Å². The highest BCUT2D eigenvalue weighted by molar-refractivity contribution is 7.99. The van der Waals surface area contributed by atoms with Gasteiger partial charge >= 0.3 is 0 Å². The van der Waals surface area contributed by atoms with Gasteiger partial charge < -0.3 is 10.2 Å². The summed E-state index contributed by atoms with van der Waals surface area (Å²) in [5.74, 6) is 1.84. The minimum absolute atomic E-state index is 0.544. The smallest absolute Gasteiger partial charge is 0.231 e. The molecule has 1 aromatic heterocycles. The summed E-state index contributed by atoms with van der Waals surface area (Å²) in [5, 5.41) is 3.61. The van der Waals surface area contributed by atoms with Gasteiger partial charge in [-0.2, -0.15) is 9.97 Å². The van der Waals surface area contributed by atoms with E-state index in [0.29, 0.717) is 17.6 Å². The number of allylic oxidation sites excluding steroid dienone is 4. The van der Waals surface area contributed by atoms with Crippen molar-refractivity contribution in [3.8, 4) is 22.8 Å². The SMILES string of the molecule is C/C1=C/C=C(Nc2nc(-c3ccccc3)nc(-c3ccccc3)n2)CCc2ccc(c(N3c4ccccc4Sc4ccccc43)c2)CC1. The lowest BCUT2D eigenvalue weighted by Crippen LogP contribution is -2.17. The van der Waals surface area contributed by atoms with Crippen LogP contribution in [-0.2, 0) is 12.8 Å². The van der Waals surface area contributed by atoms with Gasteiger partial charge in [-0.15, -0.1) is 0 Å². The average Bonchev–Trinajstić information content (AvgIpc) is 3.14. The highest BCUT2D eigenvalue weighted by Gasteiger charge is 2.26. The normalized spacial score (nSPS) is 15.2. The summed E-state index contributed by atoms with van der Waals surface area (Å²) in [7, 11) is 0. The molecule has 0 amide bonds. The maximum absolute atomic E-state index is 4.90. The molecule has 0 unspecified atom stereocenters. The zero-order valence-electron chi connectivity index (χ0n) is 26.8. The third-order valence-corrected chi connectivity index (χ3v) is 9.97. The summed E-state index contributed by atoms with van der Waals surface area (Å²) in [4.78, 5) is 19.7. The van der Waals surface area contributed by atoms with E-state index in [2.05, 4.69) is 96.0 Å². The summed E-state index contributed by atoms with van der Waals surface area (Å²) in [6.07, 6.45) is 8.04. The first kappa shape index (κ1) is 29.9. The standard InChI is InChI=1S/C42H35N5S/c1-29-20-24-31-25-22-30(28-37(31)47-35-16-8-10-18-38(35)48-39-19-11-9-17-36(39)47)23-27-34(26-21-29)43-42-45-40(32-12-4-2-5-13-32)44-41(46-42)33-14-6-3-7-15-33/h2-19,21-22,25-26,28H,20,23-24,27H2,1H3,(H,43,44,45,46)/b29-21-,34-26?. The van der Waals surface area contributed by atoms with Gasteiger partial charge in [0.25, 0.3) is 0 Å². The molecule has 2 aliphatic carbocycles. The summed E-state index contributed by atoms with van der Waals surface area (Å²) in [6.45, 7) is 2.22. The molecule has 0 saturated heterocycles. The molecule has 2 heterocycles. The molecule has 0 spiro atoms. The molecule has 0 fully saturated rings. The van der Waals surface area contributed by atoms with E-state index >= 15 is 0 Å². The van der Waals surface area contributed by atoms with Crippen molar-refractivity contribution < 1.29 is 0 Å². The zero-order chi connectivity index (χ0) is 32.3. The predicted octanol–water partition coefficient (Wildman–Crippen LogP) is 11.0. The number of para-hydroxylation sites is 2. The molecular formula is C42H35N5S. The fourth-order valence-electron chi connectivity index (χ4n) is 6.28. The molecule has 3 aliphatic rings. The van der Waals surface area contributed by atoms with Crippen molar-refractivity contribution in [3.63, 3.8) is 0 Å². The number of aryl methyl sites for hydroxylation is 2. The Kier molecular flexibility index (Phi) is 8.31. The molecule has 0 radical (unpaired) electrons. The molecule has 1 aliphatic heterocycles. The molecule has 9 rings (SSSR count). The van der Waals surface area contributed by atoms with Crippen LogP contribution >= 0.6 is 11.8 Å².